The van der Waals surface area contributed by atoms with Crippen LogP contribution in [0, 0.1) is 5.92 Å². The van der Waals surface area contributed by atoms with Gasteiger partial charge in [-0.15, -0.1) is 0 Å². The Morgan fingerprint density at radius 2 is 2.06 bits per heavy atom. The molecular weight excluding hydrogens is 198 g/mol. The minimum Gasteiger partial charge on any atom is -0.298 e. The first kappa shape index (κ1) is 13.7. The molecule has 0 amide bonds. The summed E-state index contributed by atoms with van der Waals surface area (Å²) in [5.41, 5.74) is 0. The Labute approximate surface area is 100 Å². The average molecular weight is 225 g/mol. The smallest absolute Gasteiger partial charge is 0.149 e. The van der Waals surface area contributed by atoms with Crippen LogP contribution in [0.25, 0.3) is 0 Å². The lowest BCUT2D eigenvalue weighted by Crippen LogP contribution is -2.39. The predicted molar refractivity (Wildman–Crippen MR) is 68.6 cm³/mol. The molecule has 2 nitrogen and oxygen atoms in total. The van der Waals surface area contributed by atoms with Gasteiger partial charge in [0.2, 0.25) is 0 Å². The van der Waals surface area contributed by atoms with E-state index in [9.17, 15) is 4.79 Å². The monoisotopic (exact) mass is 225 g/mol. The summed E-state index contributed by atoms with van der Waals surface area (Å²) in [6.45, 7) is 8.22. The van der Waals surface area contributed by atoms with E-state index in [-0.39, 0.29) is 5.92 Å². The lowest BCUT2D eigenvalue weighted by atomic mass is 10.0. The largest absolute Gasteiger partial charge is 0.298 e. The maximum atomic E-state index is 12.0. The highest BCUT2D eigenvalue weighted by atomic mass is 16.1. The van der Waals surface area contributed by atoms with Gasteiger partial charge in [-0.3, -0.25) is 9.69 Å². The molecule has 94 valence electrons. The fourth-order valence-corrected chi connectivity index (χ4v) is 2.49. The lowest BCUT2D eigenvalue weighted by molar-refractivity contribution is -0.124. The van der Waals surface area contributed by atoms with Gasteiger partial charge in [-0.25, -0.2) is 0 Å². The van der Waals surface area contributed by atoms with Crippen molar-refractivity contribution in [2.75, 3.05) is 13.1 Å². The third kappa shape index (κ3) is 3.89. The zero-order chi connectivity index (χ0) is 12.0. The van der Waals surface area contributed by atoms with E-state index in [1.165, 1.54) is 32.1 Å². The minimum absolute atomic E-state index is 0.237. The van der Waals surface area contributed by atoms with Crippen molar-refractivity contribution in [2.45, 2.75) is 65.3 Å². The van der Waals surface area contributed by atoms with Gasteiger partial charge < -0.3 is 0 Å². The van der Waals surface area contributed by atoms with Crippen molar-refractivity contribution in [3.63, 3.8) is 0 Å². The minimum atomic E-state index is 0.237. The van der Waals surface area contributed by atoms with Crippen LogP contribution >= 0.6 is 0 Å². The van der Waals surface area contributed by atoms with Crippen LogP contribution in [0.15, 0.2) is 0 Å². The Morgan fingerprint density at radius 1 is 1.31 bits per heavy atom. The number of likely N-dealkylation sites (tertiary alicyclic amines) is 1. The number of hydrogen-bond donors (Lipinski definition) is 0. The van der Waals surface area contributed by atoms with Crippen molar-refractivity contribution in [1.29, 1.82) is 0 Å². The van der Waals surface area contributed by atoms with Crippen molar-refractivity contribution >= 4 is 5.78 Å². The quantitative estimate of drug-likeness (QED) is 0.716. The molecule has 0 radical (unpaired) electrons. The molecule has 0 bridgehead atoms. The number of rotatable bonds is 5. The van der Waals surface area contributed by atoms with Crippen LogP contribution in [0.1, 0.15) is 59.3 Å². The second-order valence-electron chi connectivity index (χ2n) is 5.16. The Kier molecular flexibility index (Phi) is 6.04. The second kappa shape index (κ2) is 7.05. The highest BCUT2D eigenvalue weighted by Crippen LogP contribution is 2.19. The van der Waals surface area contributed by atoms with Crippen LogP contribution in [-0.4, -0.2) is 29.8 Å². The third-order valence-electron chi connectivity index (χ3n) is 3.99. The average Bonchev–Trinajstić information content (AvgIpc) is 2.52. The molecule has 0 aliphatic carbocycles. The van der Waals surface area contributed by atoms with Gasteiger partial charge in [-0.2, -0.15) is 0 Å². The maximum absolute atomic E-state index is 12.0. The van der Waals surface area contributed by atoms with E-state index in [4.69, 9.17) is 0 Å². The standard InChI is InChI=1S/C14H27NO/c1-4-12(3)14(16)11-15-10-8-6-7-9-13(15)5-2/h12-13H,4-11H2,1-3H3. The van der Waals surface area contributed by atoms with Gasteiger partial charge in [-0.05, 0) is 32.2 Å². The Bertz CT molecular complexity index is 215. The normalized spacial score (nSPS) is 25.1. The van der Waals surface area contributed by atoms with Crippen molar-refractivity contribution in [1.82, 2.24) is 4.90 Å². The predicted octanol–water partition coefficient (Wildman–Crippen LogP) is 3.26. The first-order chi connectivity index (χ1) is 7.69. The summed E-state index contributed by atoms with van der Waals surface area (Å²) in [4.78, 5) is 14.4. The van der Waals surface area contributed by atoms with Crippen molar-refractivity contribution in [3.8, 4) is 0 Å². The van der Waals surface area contributed by atoms with E-state index >= 15 is 0 Å². The van der Waals surface area contributed by atoms with Crippen molar-refractivity contribution in [2.24, 2.45) is 5.92 Å². The van der Waals surface area contributed by atoms with Crippen LogP contribution in [0.2, 0.25) is 0 Å². The fourth-order valence-electron chi connectivity index (χ4n) is 2.49. The molecule has 0 spiro atoms. The topological polar surface area (TPSA) is 20.3 Å². The van der Waals surface area contributed by atoms with E-state index in [2.05, 4.69) is 25.7 Å². The summed E-state index contributed by atoms with van der Waals surface area (Å²) < 4.78 is 0. The van der Waals surface area contributed by atoms with Gasteiger partial charge in [0.25, 0.3) is 0 Å². The highest BCUT2D eigenvalue weighted by molar-refractivity contribution is 5.82. The summed E-state index contributed by atoms with van der Waals surface area (Å²) in [7, 11) is 0. The fraction of sp³-hybridized carbons (Fsp3) is 0.929. The molecule has 1 aliphatic rings. The summed E-state index contributed by atoms with van der Waals surface area (Å²) in [6, 6.07) is 0.649. The molecule has 16 heavy (non-hydrogen) atoms. The molecule has 2 heteroatoms. The molecule has 0 saturated carbocycles. The molecule has 1 saturated heterocycles. The summed E-state index contributed by atoms with van der Waals surface area (Å²) in [5.74, 6) is 0.670. The van der Waals surface area contributed by atoms with Gasteiger partial charge in [-0.1, -0.05) is 33.6 Å². The maximum Gasteiger partial charge on any atom is 0.149 e. The third-order valence-corrected chi connectivity index (χ3v) is 3.99. The van der Waals surface area contributed by atoms with Gasteiger partial charge in [0, 0.05) is 12.0 Å². The van der Waals surface area contributed by atoms with E-state index in [1.54, 1.807) is 0 Å². The second-order valence-corrected chi connectivity index (χ2v) is 5.16. The van der Waals surface area contributed by atoms with Crippen molar-refractivity contribution in [3.05, 3.63) is 0 Å². The molecule has 1 aliphatic heterocycles. The highest BCUT2D eigenvalue weighted by Gasteiger charge is 2.22. The van der Waals surface area contributed by atoms with Gasteiger partial charge >= 0.3 is 0 Å². The molecule has 2 atom stereocenters. The summed E-state index contributed by atoms with van der Waals surface area (Å²) in [5, 5.41) is 0. The summed E-state index contributed by atoms with van der Waals surface area (Å²) in [6.07, 6.45) is 7.39. The molecule has 2 unspecified atom stereocenters. The number of carbonyl (C=O) groups excluding carboxylic acids is 1. The SMILES string of the molecule is CCC(C)C(=O)CN1CCCCCC1CC. The lowest BCUT2D eigenvalue weighted by Gasteiger charge is -2.29. The number of nitrogens with zero attached hydrogens (tertiary/aromatic N) is 1. The Balaban J connectivity index is 2.51. The van der Waals surface area contributed by atoms with E-state index < -0.39 is 0 Å². The number of Topliss-reactive ketones (excluding diaryl/α,β-unsaturated/α-hetero) is 1. The van der Waals surface area contributed by atoms with Gasteiger partial charge in [0.15, 0.2) is 0 Å². The number of hydrogen-bond acceptors (Lipinski definition) is 2. The zero-order valence-electron chi connectivity index (χ0n) is 11.2. The molecular formula is C14H27NO. The van der Waals surface area contributed by atoms with Crippen LogP contribution in [-0.2, 0) is 4.79 Å². The van der Waals surface area contributed by atoms with E-state index in [1.807, 2.05) is 0 Å². The first-order valence-electron chi connectivity index (χ1n) is 6.95. The molecule has 0 aromatic rings. The molecule has 1 fully saturated rings. The van der Waals surface area contributed by atoms with Crippen LogP contribution < -0.4 is 0 Å². The van der Waals surface area contributed by atoms with Crippen LogP contribution in [0.4, 0.5) is 0 Å². The van der Waals surface area contributed by atoms with E-state index in [0.717, 1.165) is 13.0 Å². The van der Waals surface area contributed by atoms with Gasteiger partial charge in [0.1, 0.15) is 5.78 Å². The summed E-state index contributed by atoms with van der Waals surface area (Å²) >= 11 is 0. The first-order valence-corrected chi connectivity index (χ1v) is 6.95. The van der Waals surface area contributed by atoms with Crippen molar-refractivity contribution < 1.29 is 4.79 Å². The molecule has 0 N–H and O–H groups in total. The zero-order valence-corrected chi connectivity index (χ0v) is 11.2. The Morgan fingerprint density at radius 3 is 2.69 bits per heavy atom. The number of carbonyl (C=O) groups is 1. The molecule has 0 aromatic carbocycles. The molecule has 1 heterocycles. The molecule has 0 aromatic heterocycles. The van der Waals surface area contributed by atoms with Crippen LogP contribution in [0.3, 0.4) is 0 Å². The van der Waals surface area contributed by atoms with Crippen LogP contribution in [0.5, 0.6) is 0 Å². The molecule has 1 rings (SSSR count). The Hall–Kier alpha value is -0.370. The van der Waals surface area contributed by atoms with Gasteiger partial charge in [0.05, 0.1) is 6.54 Å². The van der Waals surface area contributed by atoms with E-state index in [0.29, 0.717) is 18.4 Å². The number of ketones is 1.